The Balaban J connectivity index is 1.81. The molecule has 86 valence electrons. The van der Waals surface area contributed by atoms with Gasteiger partial charge in [-0.1, -0.05) is 13.3 Å². The van der Waals surface area contributed by atoms with Gasteiger partial charge in [0.1, 0.15) is 0 Å². The Bertz CT molecular complexity index is 249. The van der Waals surface area contributed by atoms with Gasteiger partial charge in [0.2, 0.25) is 5.91 Å². The van der Waals surface area contributed by atoms with Crippen LogP contribution in [0.4, 0.5) is 0 Å². The van der Waals surface area contributed by atoms with Crippen LogP contribution in [0.5, 0.6) is 0 Å². The topological polar surface area (TPSA) is 55.1 Å². The molecule has 2 aliphatic carbocycles. The second-order valence-electron chi connectivity index (χ2n) is 5.39. The van der Waals surface area contributed by atoms with E-state index >= 15 is 0 Å². The number of carbonyl (C=O) groups excluding carboxylic acids is 1. The van der Waals surface area contributed by atoms with Crippen LogP contribution in [0.1, 0.15) is 51.9 Å². The molecule has 0 bridgehead atoms. The van der Waals surface area contributed by atoms with E-state index in [0.717, 1.165) is 32.1 Å². The number of nitrogens with one attached hydrogen (secondary N) is 1. The molecule has 3 nitrogen and oxygen atoms in total. The van der Waals surface area contributed by atoms with Crippen molar-refractivity contribution >= 4 is 5.91 Å². The van der Waals surface area contributed by atoms with Crippen LogP contribution in [-0.2, 0) is 4.79 Å². The van der Waals surface area contributed by atoms with Crippen LogP contribution in [0.3, 0.4) is 0 Å². The lowest BCUT2D eigenvalue weighted by Gasteiger charge is -2.42. The first-order valence-electron chi connectivity index (χ1n) is 6.17. The van der Waals surface area contributed by atoms with Crippen molar-refractivity contribution in [3.8, 4) is 0 Å². The summed E-state index contributed by atoms with van der Waals surface area (Å²) in [6.07, 6.45) is 7.63. The molecule has 0 atom stereocenters. The maximum Gasteiger partial charge on any atom is 0.226 e. The molecule has 0 aromatic rings. The zero-order valence-corrected chi connectivity index (χ0v) is 9.64. The van der Waals surface area contributed by atoms with Crippen LogP contribution < -0.4 is 11.1 Å². The van der Waals surface area contributed by atoms with Crippen LogP contribution in [0, 0.1) is 5.41 Å². The Morgan fingerprint density at radius 1 is 1.27 bits per heavy atom. The van der Waals surface area contributed by atoms with Crippen LogP contribution >= 0.6 is 0 Å². The van der Waals surface area contributed by atoms with E-state index in [1.54, 1.807) is 0 Å². The first-order chi connectivity index (χ1) is 7.10. The molecule has 2 fully saturated rings. The average molecular weight is 210 g/mol. The fourth-order valence-corrected chi connectivity index (χ4v) is 2.60. The van der Waals surface area contributed by atoms with E-state index in [4.69, 9.17) is 5.73 Å². The summed E-state index contributed by atoms with van der Waals surface area (Å²) in [5.74, 6) is 0.243. The second kappa shape index (κ2) is 3.78. The summed E-state index contributed by atoms with van der Waals surface area (Å²) in [5, 5.41) is 3.05. The van der Waals surface area contributed by atoms with E-state index < -0.39 is 0 Å². The maximum atomic E-state index is 12.0. The lowest BCUT2D eigenvalue weighted by Crippen LogP contribution is -2.57. The van der Waals surface area contributed by atoms with Crippen molar-refractivity contribution in [2.75, 3.05) is 6.54 Å². The summed E-state index contributed by atoms with van der Waals surface area (Å²) in [4.78, 5) is 12.0. The van der Waals surface area contributed by atoms with Gasteiger partial charge in [-0.2, -0.15) is 0 Å². The van der Waals surface area contributed by atoms with Crippen molar-refractivity contribution in [3.05, 3.63) is 0 Å². The molecule has 0 radical (unpaired) electrons. The molecule has 0 aromatic heterocycles. The Kier molecular flexibility index (Phi) is 2.75. The standard InChI is InChI=1S/C12H22N2O/c1-2-11(5-3-6-11)10(15)14-9-12(13)7-4-8-12/h2-9,13H2,1H3,(H,14,15). The van der Waals surface area contributed by atoms with Gasteiger partial charge in [-0.15, -0.1) is 0 Å². The predicted molar refractivity (Wildman–Crippen MR) is 60.4 cm³/mol. The minimum Gasteiger partial charge on any atom is -0.354 e. The monoisotopic (exact) mass is 210 g/mol. The lowest BCUT2D eigenvalue weighted by atomic mass is 9.66. The number of rotatable bonds is 4. The van der Waals surface area contributed by atoms with Gasteiger partial charge >= 0.3 is 0 Å². The van der Waals surface area contributed by atoms with E-state index in [9.17, 15) is 4.79 Å². The molecule has 0 saturated heterocycles. The first kappa shape index (κ1) is 10.9. The van der Waals surface area contributed by atoms with E-state index in [0.29, 0.717) is 6.54 Å². The Morgan fingerprint density at radius 3 is 2.20 bits per heavy atom. The molecule has 2 aliphatic rings. The normalized spacial score (nSPS) is 26.3. The molecule has 2 saturated carbocycles. The average Bonchev–Trinajstić information content (AvgIpc) is 2.11. The van der Waals surface area contributed by atoms with Crippen molar-refractivity contribution in [1.82, 2.24) is 5.32 Å². The van der Waals surface area contributed by atoms with E-state index in [2.05, 4.69) is 12.2 Å². The van der Waals surface area contributed by atoms with Gasteiger partial charge in [0.05, 0.1) is 0 Å². The highest BCUT2D eigenvalue weighted by Crippen LogP contribution is 2.44. The molecule has 15 heavy (non-hydrogen) atoms. The van der Waals surface area contributed by atoms with Gasteiger partial charge in [-0.05, 0) is 38.5 Å². The Morgan fingerprint density at radius 2 is 1.87 bits per heavy atom. The summed E-state index contributed by atoms with van der Waals surface area (Å²) in [7, 11) is 0. The maximum absolute atomic E-state index is 12.0. The van der Waals surface area contributed by atoms with E-state index in [1.165, 1.54) is 12.8 Å². The largest absolute Gasteiger partial charge is 0.354 e. The minimum absolute atomic E-state index is 0.0416. The fraction of sp³-hybridized carbons (Fsp3) is 0.917. The van der Waals surface area contributed by atoms with Gasteiger partial charge < -0.3 is 11.1 Å². The smallest absolute Gasteiger partial charge is 0.226 e. The number of carbonyl (C=O) groups is 1. The molecule has 1 amide bonds. The molecule has 0 heterocycles. The zero-order valence-electron chi connectivity index (χ0n) is 9.64. The lowest BCUT2D eigenvalue weighted by molar-refractivity contribution is -0.136. The molecule has 3 heteroatoms. The molecular weight excluding hydrogens is 188 g/mol. The van der Waals surface area contributed by atoms with Gasteiger partial charge in [0.15, 0.2) is 0 Å². The van der Waals surface area contributed by atoms with Crippen molar-refractivity contribution in [2.45, 2.75) is 57.4 Å². The number of hydrogen-bond acceptors (Lipinski definition) is 2. The zero-order chi connectivity index (χ0) is 10.9. The molecular formula is C12H22N2O. The third-order valence-electron chi connectivity index (χ3n) is 4.42. The summed E-state index contributed by atoms with van der Waals surface area (Å²) in [6, 6.07) is 0. The third-order valence-corrected chi connectivity index (χ3v) is 4.42. The van der Waals surface area contributed by atoms with Gasteiger partial charge in [0, 0.05) is 17.5 Å². The molecule has 0 aromatic carbocycles. The van der Waals surface area contributed by atoms with Crippen molar-refractivity contribution in [1.29, 1.82) is 0 Å². The molecule has 0 aliphatic heterocycles. The van der Waals surface area contributed by atoms with Gasteiger partial charge in [0.25, 0.3) is 0 Å². The Labute approximate surface area is 91.8 Å². The molecule has 0 spiro atoms. The SMILES string of the molecule is CCC1(C(=O)NCC2(N)CCC2)CCC1. The van der Waals surface area contributed by atoms with Gasteiger partial charge in [-0.3, -0.25) is 4.79 Å². The van der Waals surface area contributed by atoms with Crippen molar-refractivity contribution in [3.63, 3.8) is 0 Å². The highest BCUT2D eigenvalue weighted by molar-refractivity contribution is 5.83. The predicted octanol–water partition coefficient (Wildman–Crippen LogP) is 1.56. The van der Waals surface area contributed by atoms with Crippen LogP contribution in [0.15, 0.2) is 0 Å². The van der Waals surface area contributed by atoms with Crippen LogP contribution in [0.25, 0.3) is 0 Å². The summed E-state index contributed by atoms with van der Waals surface area (Å²) in [6.45, 7) is 2.79. The quantitative estimate of drug-likeness (QED) is 0.740. The molecule has 3 N–H and O–H groups in total. The first-order valence-corrected chi connectivity index (χ1v) is 6.17. The Hall–Kier alpha value is -0.570. The van der Waals surface area contributed by atoms with Crippen molar-refractivity contribution < 1.29 is 4.79 Å². The summed E-state index contributed by atoms with van der Waals surface area (Å²) in [5.41, 5.74) is 5.95. The number of hydrogen-bond donors (Lipinski definition) is 2. The second-order valence-corrected chi connectivity index (χ2v) is 5.39. The van der Waals surface area contributed by atoms with Crippen molar-refractivity contribution in [2.24, 2.45) is 11.1 Å². The highest BCUT2D eigenvalue weighted by Gasteiger charge is 2.43. The van der Waals surface area contributed by atoms with Crippen LogP contribution in [-0.4, -0.2) is 18.0 Å². The van der Waals surface area contributed by atoms with Gasteiger partial charge in [-0.25, -0.2) is 0 Å². The summed E-state index contributed by atoms with van der Waals surface area (Å²) >= 11 is 0. The third kappa shape index (κ3) is 1.89. The molecule has 0 unspecified atom stereocenters. The summed E-state index contributed by atoms with van der Waals surface area (Å²) < 4.78 is 0. The van der Waals surface area contributed by atoms with E-state index in [-0.39, 0.29) is 16.9 Å². The van der Waals surface area contributed by atoms with E-state index in [1.807, 2.05) is 0 Å². The molecule has 2 rings (SSSR count). The fourth-order valence-electron chi connectivity index (χ4n) is 2.60. The highest BCUT2D eigenvalue weighted by atomic mass is 16.2. The minimum atomic E-state index is -0.0889. The number of nitrogens with two attached hydrogens (primary N) is 1. The van der Waals surface area contributed by atoms with Crippen LogP contribution in [0.2, 0.25) is 0 Å². The number of amides is 1.